The first-order chi connectivity index (χ1) is 11.6. The van der Waals surface area contributed by atoms with Crippen molar-refractivity contribution in [1.29, 1.82) is 0 Å². The van der Waals surface area contributed by atoms with E-state index in [4.69, 9.17) is 18.0 Å². The molecule has 3 aromatic rings. The molecular formula is C19H13ClN2O2. The molecule has 24 heavy (non-hydrogen) atoms. The van der Waals surface area contributed by atoms with Crippen molar-refractivity contribution in [3.05, 3.63) is 76.6 Å². The van der Waals surface area contributed by atoms with Crippen LogP contribution in [0.15, 0.2) is 54.7 Å². The van der Waals surface area contributed by atoms with Crippen LogP contribution in [0.25, 0.3) is 5.52 Å². The van der Waals surface area contributed by atoms with Crippen molar-refractivity contribution in [2.24, 2.45) is 0 Å². The highest BCUT2D eigenvalue weighted by atomic mass is 35.5. The number of nitrogens with zero attached hydrogens (tertiary/aromatic N) is 1. The van der Waals surface area contributed by atoms with E-state index in [1.807, 2.05) is 6.07 Å². The molecule has 118 valence electrons. The summed E-state index contributed by atoms with van der Waals surface area (Å²) in [6.45, 7) is 0.128. The third-order valence-corrected chi connectivity index (χ3v) is 3.86. The third-order valence-electron chi connectivity index (χ3n) is 3.61. The Morgan fingerprint density at radius 3 is 2.62 bits per heavy atom. The second kappa shape index (κ2) is 6.61. The highest BCUT2D eigenvalue weighted by Gasteiger charge is 2.20. The van der Waals surface area contributed by atoms with Crippen LogP contribution < -0.4 is 5.32 Å². The van der Waals surface area contributed by atoms with Crippen molar-refractivity contribution in [1.82, 2.24) is 9.72 Å². The number of carbonyl (C=O) groups excluding carboxylic acids is 2. The number of amides is 1. The van der Waals surface area contributed by atoms with Gasteiger partial charge in [-0.2, -0.15) is 0 Å². The largest absolute Gasteiger partial charge is 0.341 e. The normalized spacial score (nSPS) is 10.3. The number of benzene rings is 1. The van der Waals surface area contributed by atoms with Gasteiger partial charge in [-0.15, -0.1) is 6.42 Å². The van der Waals surface area contributed by atoms with Crippen molar-refractivity contribution < 1.29 is 9.59 Å². The van der Waals surface area contributed by atoms with E-state index in [0.717, 1.165) is 0 Å². The van der Waals surface area contributed by atoms with Crippen LogP contribution in [-0.4, -0.2) is 22.6 Å². The molecule has 0 unspecified atom stereocenters. The van der Waals surface area contributed by atoms with Crippen LogP contribution in [0.4, 0.5) is 0 Å². The summed E-state index contributed by atoms with van der Waals surface area (Å²) >= 11 is 5.87. The van der Waals surface area contributed by atoms with Crippen LogP contribution in [0.1, 0.15) is 26.4 Å². The van der Waals surface area contributed by atoms with Gasteiger partial charge in [-0.1, -0.05) is 23.6 Å². The second-order valence-corrected chi connectivity index (χ2v) is 5.56. The Balaban J connectivity index is 2.08. The fraction of sp³-hybridized carbons (Fsp3) is 0.0526. The minimum atomic E-state index is -0.313. The van der Waals surface area contributed by atoms with Crippen LogP contribution in [0.3, 0.4) is 0 Å². The maximum Gasteiger partial charge on any atom is 0.254 e. The smallest absolute Gasteiger partial charge is 0.254 e. The standard InChI is InChI=1S/C19H13ClN2O2/c1-2-10-21-19(24)15-12-17(22-11-4-3-5-16(15)22)18(23)13-6-8-14(20)9-7-13/h1,3-9,11-12H,10H2,(H,21,24). The fourth-order valence-electron chi connectivity index (χ4n) is 2.49. The summed E-state index contributed by atoms with van der Waals surface area (Å²) in [7, 11) is 0. The predicted octanol–water partition coefficient (Wildman–Crippen LogP) is 3.19. The van der Waals surface area contributed by atoms with Gasteiger partial charge in [0.1, 0.15) is 0 Å². The zero-order valence-electron chi connectivity index (χ0n) is 12.6. The summed E-state index contributed by atoms with van der Waals surface area (Å²) in [5, 5.41) is 3.18. The highest BCUT2D eigenvalue weighted by molar-refractivity contribution is 6.30. The summed E-state index contributed by atoms with van der Waals surface area (Å²) in [6.07, 6.45) is 6.92. The van der Waals surface area contributed by atoms with E-state index in [1.54, 1.807) is 53.1 Å². The van der Waals surface area contributed by atoms with Crippen LogP contribution in [0.5, 0.6) is 0 Å². The SMILES string of the molecule is C#CCNC(=O)c1cc(C(=O)c2ccc(Cl)cc2)n2ccccc12. The molecule has 1 aromatic carbocycles. The molecule has 5 heteroatoms. The molecule has 2 aromatic heterocycles. The summed E-state index contributed by atoms with van der Waals surface area (Å²) in [5.41, 5.74) is 1.95. The maximum absolute atomic E-state index is 12.8. The predicted molar refractivity (Wildman–Crippen MR) is 93.4 cm³/mol. The molecule has 2 heterocycles. The first-order valence-corrected chi connectivity index (χ1v) is 7.61. The molecule has 1 N–H and O–H groups in total. The lowest BCUT2D eigenvalue weighted by atomic mass is 10.1. The molecule has 0 aliphatic heterocycles. The molecular weight excluding hydrogens is 324 g/mol. The topological polar surface area (TPSA) is 50.6 Å². The Labute approximate surface area is 144 Å². The number of ketones is 1. The molecule has 0 aliphatic rings. The van der Waals surface area contributed by atoms with Gasteiger partial charge in [0.25, 0.3) is 5.91 Å². The van der Waals surface area contributed by atoms with Crippen molar-refractivity contribution >= 4 is 28.8 Å². The van der Waals surface area contributed by atoms with E-state index in [0.29, 0.717) is 27.4 Å². The van der Waals surface area contributed by atoms with E-state index in [-0.39, 0.29) is 18.2 Å². The van der Waals surface area contributed by atoms with Gasteiger partial charge in [0, 0.05) is 16.8 Å². The average Bonchev–Trinajstić information content (AvgIpc) is 2.99. The number of rotatable bonds is 4. The molecule has 0 saturated heterocycles. The lowest BCUT2D eigenvalue weighted by molar-refractivity contribution is 0.0960. The number of carbonyl (C=O) groups is 2. The number of pyridine rings is 1. The first-order valence-electron chi connectivity index (χ1n) is 7.24. The fourth-order valence-corrected chi connectivity index (χ4v) is 2.61. The van der Waals surface area contributed by atoms with E-state index >= 15 is 0 Å². The molecule has 0 saturated carbocycles. The van der Waals surface area contributed by atoms with Gasteiger partial charge < -0.3 is 9.72 Å². The van der Waals surface area contributed by atoms with Crippen LogP contribution >= 0.6 is 11.6 Å². The Kier molecular flexibility index (Phi) is 4.37. The number of hydrogen-bond donors (Lipinski definition) is 1. The van der Waals surface area contributed by atoms with Gasteiger partial charge in [-0.3, -0.25) is 9.59 Å². The van der Waals surface area contributed by atoms with Gasteiger partial charge in [-0.05, 0) is 42.5 Å². The molecule has 0 bridgehead atoms. The van der Waals surface area contributed by atoms with Gasteiger partial charge in [0.2, 0.25) is 5.78 Å². The third kappa shape index (κ3) is 2.90. The van der Waals surface area contributed by atoms with Crippen molar-refractivity contribution in [3.8, 4) is 12.3 Å². The Hall–Kier alpha value is -3.03. The summed E-state index contributed by atoms with van der Waals surface area (Å²) in [6, 6.07) is 13.6. The molecule has 0 radical (unpaired) electrons. The first kappa shape index (κ1) is 15.9. The van der Waals surface area contributed by atoms with Gasteiger partial charge >= 0.3 is 0 Å². The molecule has 0 aliphatic carbocycles. The Bertz CT molecular complexity index is 965. The molecule has 3 rings (SSSR count). The summed E-state index contributed by atoms with van der Waals surface area (Å²) in [5.74, 6) is 1.85. The minimum absolute atomic E-state index is 0.128. The summed E-state index contributed by atoms with van der Waals surface area (Å²) < 4.78 is 1.70. The van der Waals surface area contributed by atoms with Crippen LogP contribution in [0.2, 0.25) is 5.02 Å². The van der Waals surface area contributed by atoms with Crippen LogP contribution in [-0.2, 0) is 0 Å². The van der Waals surface area contributed by atoms with Crippen LogP contribution in [0, 0.1) is 12.3 Å². The van der Waals surface area contributed by atoms with Gasteiger partial charge in [0.05, 0.1) is 23.3 Å². The Morgan fingerprint density at radius 1 is 1.17 bits per heavy atom. The lowest BCUT2D eigenvalue weighted by Gasteiger charge is -2.02. The van der Waals surface area contributed by atoms with E-state index in [1.165, 1.54) is 0 Å². The number of aromatic nitrogens is 1. The monoisotopic (exact) mass is 336 g/mol. The Morgan fingerprint density at radius 2 is 1.92 bits per heavy atom. The van der Waals surface area contributed by atoms with Crippen molar-refractivity contribution in [2.45, 2.75) is 0 Å². The van der Waals surface area contributed by atoms with Crippen molar-refractivity contribution in [2.75, 3.05) is 6.54 Å². The molecule has 0 atom stereocenters. The minimum Gasteiger partial charge on any atom is -0.341 e. The second-order valence-electron chi connectivity index (χ2n) is 5.12. The van der Waals surface area contributed by atoms with Gasteiger partial charge in [0.15, 0.2) is 0 Å². The zero-order chi connectivity index (χ0) is 17.1. The number of halogens is 1. The van der Waals surface area contributed by atoms with Gasteiger partial charge in [-0.25, -0.2) is 0 Å². The average molecular weight is 337 g/mol. The number of terminal acetylenes is 1. The molecule has 0 fully saturated rings. The number of nitrogens with one attached hydrogen (secondary N) is 1. The molecule has 0 spiro atoms. The summed E-state index contributed by atoms with van der Waals surface area (Å²) in [4.78, 5) is 25.1. The van der Waals surface area contributed by atoms with E-state index in [2.05, 4.69) is 11.2 Å². The zero-order valence-corrected chi connectivity index (χ0v) is 13.4. The number of hydrogen-bond acceptors (Lipinski definition) is 2. The molecule has 1 amide bonds. The number of fused-ring (bicyclic) bond motifs is 1. The highest BCUT2D eigenvalue weighted by Crippen LogP contribution is 2.21. The molecule has 4 nitrogen and oxygen atoms in total. The maximum atomic E-state index is 12.8. The van der Waals surface area contributed by atoms with E-state index in [9.17, 15) is 9.59 Å². The van der Waals surface area contributed by atoms with Crippen molar-refractivity contribution in [3.63, 3.8) is 0 Å². The van der Waals surface area contributed by atoms with E-state index < -0.39 is 0 Å². The lowest BCUT2D eigenvalue weighted by Crippen LogP contribution is -2.23. The quantitative estimate of drug-likeness (QED) is 0.587.